The van der Waals surface area contributed by atoms with Gasteiger partial charge in [-0.1, -0.05) is 0 Å². The zero-order chi connectivity index (χ0) is 12.1. The van der Waals surface area contributed by atoms with E-state index in [4.69, 9.17) is 0 Å². The van der Waals surface area contributed by atoms with E-state index in [-0.39, 0.29) is 4.75 Å². The molecule has 0 fully saturated rings. The van der Waals surface area contributed by atoms with Crippen molar-refractivity contribution in [1.29, 1.82) is 0 Å². The average Bonchev–Trinajstić information content (AvgIpc) is 2.38. The van der Waals surface area contributed by atoms with Crippen molar-refractivity contribution in [3.05, 3.63) is 11.9 Å². The van der Waals surface area contributed by atoms with Crippen molar-refractivity contribution in [2.75, 3.05) is 18.5 Å². The monoisotopic (exact) mass is 240 g/mol. The number of hydrogen-bond acceptors (Lipinski definition) is 3. The molecule has 4 nitrogen and oxygen atoms in total. The van der Waals surface area contributed by atoms with Crippen LogP contribution >= 0.6 is 11.8 Å². The number of rotatable bonds is 1. The molecule has 1 aliphatic rings. The molecule has 0 aliphatic carbocycles. The lowest BCUT2D eigenvalue weighted by molar-refractivity contribution is 0.0687. The van der Waals surface area contributed by atoms with Crippen LogP contribution in [0.1, 0.15) is 24.3 Å². The van der Waals surface area contributed by atoms with Crippen LogP contribution in [0.2, 0.25) is 0 Å². The molecule has 0 saturated heterocycles. The van der Waals surface area contributed by atoms with Crippen LogP contribution in [0.3, 0.4) is 0 Å². The number of carboxylic acid groups (broad SMARTS) is 1. The van der Waals surface area contributed by atoms with Crippen LogP contribution in [0.5, 0.6) is 0 Å². The highest BCUT2D eigenvalue weighted by molar-refractivity contribution is 8.00. The molecule has 16 heavy (non-hydrogen) atoms. The summed E-state index contributed by atoms with van der Waals surface area (Å²) in [6.07, 6.45) is 1.90. The summed E-state index contributed by atoms with van der Waals surface area (Å²) in [6, 6.07) is 0. The number of nitrogens with zero attached hydrogens (tertiary/aromatic N) is 2. The Morgan fingerprint density at radius 3 is 2.69 bits per heavy atom. The van der Waals surface area contributed by atoms with Crippen molar-refractivity contribution in [2.45, 2.75) is 23.5 Å². The van der Waals surface area contributed by atoms with Gasteiger partial charge in [0.1, 0.15) is 0 Å². The first kappa shape index (κ1) is 11.4. The third-order valence-electron chi connectivity index (χ3n) is 2.71. The molecule has 5 heteroatoms. The molecular weight excluding hydrogens is 224 g/mol. The van der Waals surface area contributed by atoms with Gasteiger partial charge in [-0.25, -0.2) is 4.79 Å². The van der Waals surface area contributed by atoms with Crippen LogP contribution < -0.4 is 4.90 Å². The second kappa shape index (κ2) is 3.45. The minimum Gasteiger partial charge on any atom is -0.477 e. The van der Waals surface area contributed by atoms with Gasteiger partial charge < -0.3 is 14.6 Å². The van der Waals surface area contributed by atoms with Crippen molar-refractivity contribution < 1.29 is 9.90 Å². The lowest BCUT2D eigenvalue weighted by Crippen LogP contribution is -2.37. The van der Waals surface area contributed by atoms with Gasteiger partial charge in [0.05, 0.1) is 5.69 Å². The predicted octanol–water partition coefficient (Wildman–Crippen LogP) is 2.04. The van der Waals surface area contributed by atoms with E-state index in [1.807, 2.05) is 18.1 Å². The van der Waals surface area contributed by atoms with E-state index in [0.29, 0.717) is 5.69 Å². The zero-order valence-corrected chi connectivity index (χ0v) is 10.8. The molecule has 1 N–H and O–H groups in total. The third-order valence-corrected chi connectivity index (χ3v) is 3.91. The Bertz CT molecular complexity index is 451. The Kier molecular flexibility index (Phi) is 2.45. The van der Waals surface area contributed by atoms with Gasteiger partial charge in [-0.2, -0.15) is 0 Å². The van der Waals surface area contributed by atoms with Gasteiger partial charge in [0, 0.05) is 36.5 Å². The van der Waals surface area contributed by atoms with Crippen molar-refractivity contribution in [1.82, 2.24) is 4.57 Å². The summed E-state index contributed by atoms with van der Waals surface area (Å²) < 4.78 is 1.82. The molecule has 1 aromatic rings. The molecule has 0 aromatic carbocycles. The summed E-state index contributed by atoms with van der Waals surface area (Å²) in [5.74, 6) is -0.865. The molecule has 0 unspecified atom stereocenters. The number of hydrogen-bond donors (Lipinski definition) is 1. The maximum absolute atomic E-state index is 11.2. The van der Waals surface area contributed by atoms with Gasteiger partial charge in [-0.05, 0) is 13.8 Å². The van der Waals surface area contributed by atoms with Crippen LogP contribution in [-0.2, 0) is 7.05 Å². The minimum atomic E-state index is -0.865. The van der Waals surface area contributed by atoms with Crippen LogP contribution in [0.25, 0.3) is 0 Å². The van der Waals surface area contributed by atoms with E-state index in [2.05, 4.69) is 13.8 Å². The first-order valence-electron chi connectivity index (χ1n) is 5.14. The summed E-state index contributed by atoms with van der Waals surface area (Å²) in [5.41, 5.74) is 1.22. The molecule has 0 saturated carbocycles. The van der Waals surface area contributed by atoms with Gasteiger partial charge in [-0.3, -0.25) is 0 Å². The Morgan fingerprint density at radius 1 is 1.50 bits per heavy atom. The summed E-state index contributed by atoms with van der Waals surface area (Å²) >= 11 is 1.74. The quantitative estimate of drug-likeness (QED) is 0.816. The first-order valence-corrected chi connectivity index (χ1v) is 5.96. The minimum absolute atomic E-state index is 0.124. The van der Waals surface area contributed by atoms with Crippen molar-refractivity contribution in [3.63, 3.8) is 0 Å². The number of aromatic nitrogens is 1. The summed E-state index contributed by atoms with van der Waals surface area (Å²) in [7, 11) is 3.73. The largest absolute Gasteiger partial charge is 0.477 e. The van der Waals surface area contributed by atoms with Gasteiger partial charge in [0.15, 0.2) is 5.69 Å². The van der Waals surface area contributed by atoms with Crippen LogP contribution in [-0.4, -0.2) is 34.0 Å². The molecule has 1 aliphatic heterocycles. The number of carboxylic acids is 1. The smallest absolute Gasteiger partial charge is 0.354 e. The van der Waals surface area contributed by atoms with Crippen LogP contribution in [0, 0.1) is 0 Å². The molecule has 2 rings (SSSR count). The van der Waals surface area contributed by atoms with E-state index >= 15 is 0 Å². The Balaban J connectivity index is 2.57. The van der Waals surface area contributed by atoms with Gasteiger partial charge in [-0.15, -0.1) is 11.8 Å². The fourth-order valence-corrected chi connectivity index (χ4v) is 3.67. The highest BCUT2D eigenvalue weighted by Crippen LogP contribution is 2.45. The molecule has 88 valence electrons. The number of anilines is 1. The summed E-state index contributed by atoms with van der Waals surface area (Å²) in [4.78, 5) is 14.3. The zero-order valence-electron chi connectivity index (χ0n) is 9.94. The molecule has 0 bridgehead atoms. The Labute approximate surface area is 99.2 Å². The topological polar surface area (TPSA) is 45.5 Å². The molecule has 0 amide bonds. The van der Waals surface area contributed by atoms with Gasteiger partial charge in [0.2, 0.25) is 0 Å². The maximum atomic E-state index is 11.2. The Hall–Kier alpha value is -1.10. The van der Waals surface area contributed by atoms with Crippen LogP contribution in [0.15, 0.2) is 11.1 Å². The summed E-state index contributed by atoms with van der Waals surface area (Å²) in [5, 5.41) is 9.20. The Morgan fingerprint density at radius 2 is 2.12 bits per heavy atom. The fraction of sp³-hybridized carbons (Fsp3) is 0.545. The van der Waals surface area contributed by atoms with Crippen LogP contribution in [0.4, 0.5) is 5.69 Å². The fourth-order valence-electron chi connectivity index (χ4n) is 2.26. The van der Waals surface area contributed by atoms with E-state index < -0.39 is 5.97 Å². The van der Waals surface area contributed by atoms with E-state index in [0.717, 1.165) is 17.1 Å². The predicted molar refractivity (Wildman–Crippen MR) is 65.6 cm³/mol. The van der Waals surface area contributed by atoms with Crippen molar-refractivity contribution in [2.24, 2.45) is 7.05 Å². The average molecular weight is 240 g/mol. The standard InChI is InChI=1S/C11H16N2O2S/c1-11(2)6-13(4)8-7(16-11)5-12(3)9(8)10(14)15/h5H,6H2,1-4H3,(H,14,15). The van der Waals surface area contributed by atoms with E-state index in [9.17, 15) is 9.90 Å². The molecule has 1 aromatic heterocycles. The lowest BCUT2D eigenvalue weighted by atomic mass is 10.1. The number of fused-ring (bicyclic) bond motifs is 1. The first-order chi connectivity index (χ1) is 7.32. The SMILES string of the molecule is CN1CC(C)(C)Sc2cn(C)c(C(=O)O)c21. The van der Waals surface area contributed by atoms with E-state index in [1.165, 1.54) is 0 Å². The molecule has 0 spiro atoms. The number of aryl methyl sites for hydroxylation is 1. The second-order valence-electron chi connectivity index (χ2n) is 4.82. The highest BCUT2D eigenvalue weighted by atomic mass is 32.2. The number of thioether (sulfide) groups is 1. The molecule has 2 heterocycles. The normalized spacial score (nSPS) is 18.4. The highest BCUT2D eigenvalue weighted by Gasteiger charge is 2.34. The molecule has 0 atom stereocenters. The maximum Gasteiger partial charge on any atom is 0.354 e. The second-order valence-corrected chi connectivity index (χ2v) is 6.57. The van der Waals surface area contributed by atoms with Gasteiger partial charge >= 0.3 is 5.97 Å². The molecule has 0 radical (unpaired) electrons. The molecular formula is C11H16N2O2S. The number of carbonyl (C=O) groups is 1. The van der Waals surface area contributed by atoms with Crippen molar-refractivity contribution in [3.8, 4) is 0 Å². The van der Waals surface area contributed by atoms with Gasteiger partial charge in [0.25, 0.3) is 0 Å². The lowest BCUT2D eigenvalue weighted by Gasteiger charge is -2.36. The number of aromatic carboxylic acids is 1. The van der Waals surface area contributed by atoms with Crippen molar-refractivity contribution >= 4 is 23.4 Å². The summed E-state index contributed by atoms with van der Waals surface area (Å²) in [6.45, 7) is 5.20. The van der Waals surface area contributed by atoms with E-state index in [1.54, 1.807) is 23.4 Å². The third kappa shape index (κ3) is 1.69.